The minimum atomic E-state index is -4.10. The number of hydrogen-bond acceptors (Lipinski definition) is 5. The highest BCUT2D eigenvalue weighted by Gasteiger charge is 2.49. The Balaban J connectivity index is 2.02. The van der Waals surface area contributed by atoms with E-state index in [2.05, 4.69) is 0 Å². The highest BCUT2D eigenvalue weighted by molar-refractivity contribution is 7.89. The van der Waals surface area contributed by atoms with Gasteiger partial charge in [0.15, 0.2) is 0 Å². The number of nitrogens with two attached hydrogens (primary N) is 1. The second kappa shape index (κ2) is 9.78. The Kier molecular flexibility index (Phi) is 7.82. The molecule has 10 heteroatoms. The van der Waals surface area contributed by atoms with E-state index < -0.39 is 38.7 Å². The maximum absolute atomic E-state index is 12.5. The average molecular weight is 454 g/mol. The Hall–Kier alpha value is -2.46. The van der Waals surface area contributed by atoms with Crippen molar-refractivity contribution in [2.75, 3.05) is 13.6 Å². The topological polar surface area (TPSA) is 138 Å². The number of carboxylic acids is 1. The summed E-state index contributed by atoms with van der Waals surface area (Å²) in [6.07, 6.45) is 1.35. The molecule has 0 aromatic heterocycles. The number of primary sulfonamides is 1. The van der Waals surface area contributed by atoms with Crippen LogP contribution in [0.3, 0.4) is 0 Å². The number of aliphatic carboxylic acids is 1. The first-order valence-electron chi connectivity index (χ1n) is 10.3. The first kappa shape index (κ1) is 24.8. The minimum Gasteiger partial charge on any atom is -0.481 e. The number of carbonyl (C=O) groups is 3. The lowest BCUT2D eigenvalue weighted by Gasteiger charge is -2.23. The number of rotatable bonds is 11. The van der Waals surface area contributed by atoms with E-state index in [0.717, 1.165) is 10.5 Å². The lowest BCUT2D eigenvalue weighted by Crippen LogP contribution is -2.41. The Labute approximate surface area is 183 Å². The normalized spacial score (nSPS) is 18.3. The number of urea groups is 1. The molecule has 1 heterocycles. The molecule has 3 amide bonds. The maximum atomic E-state index is 12.5. The number of imide groups is 1. The molecule has 1 aliphatic rings. The third-order valence-corrected chi connectivity index (χ3v) is 7.41. The van der Waals surface area contributed by atoms with Crippen LogP contribution in [0, 0.1) is 5.92 Å². The molecule has 0 spiro atoms. The summed E-state index contributed by atoms with van der Waals surface area (Å²) in [4.78, 5) is 39.0. The van der Waals surface area contributed by atoms with Crippen LogP contribution in [0.15, 0.2) is 30.3 Å². The van der Waals surface area contributed by atoms with Gasteiger partial charge < -0.3 is 10.0 Å². The molecule has 0 saturated carbocycles. The number of aryl methyl sites for hydroxylation is 1. The number of amides is 3. The number of hydrogen-bond donors (Lipinski definition) is 2. The second-order valence-corrected chi connectivity index (χ2v) is 10.2. The van der Waals surface area contributed by atoms with Crippen LogP contribution >= 0.6 is 0 Å². The maximum Gasteiger partial charge on any atom is 0.327 e. The third kappa shape index (κ3) is 5.82. The minimum absolute atomic E-state index is 0.0109. The van der Waals surface area contributed by atoms with Crippen LogP contribution in [0.1, 0.15) is 45.1 Å². The number of benzene rings is 1. The molecule has 1 aromatic rings. The predicted molar refractivity (Wildman–Crippen MR) is 116 cm³/mol. The summed E-state index contributed by atoms with van der Waals surface area (Å²) < 4.78 is 24.3. The van der Waals surface area contributed by atoms with Gasteiger partial charge >= 0.3 is 12.0 Å². The van der Waals surface area contributed by atoms with Gasteiger partial charge in [-0.2, -0.15) is 0 Å². The molecule has 2 atom stereocenters. The fraction of sp³-hybridized carbons (Fsp3) is 0.571. The van der Waals surface area contributed by atoms with Gasteiger partial charge in [0.1, 0.15) is 5.54 Å². The van der Waals surface area contributed by atoms with Crippen LogP contribution in [0.2, 0.25) is 0 Å². The van der Waals surface area contributed by atoms with Gasteiger partial charge in [-0.05, 0) is 51.5 Å². The standard InChI is InChI=1S/C21H31N3O6S/c1-21(2)19(27)24(20(28)23(21)3)14-8-12-16(18(25)26)17(31(22,29)30)13-7-11-15-9-5-4-6-10-15/h4-6,9-10,16-17H,7-8,11-14H2,1-3H3,(H,25,26)(H2,22,29,30). The molecule has 2 unspecified atom stereocenters. The Morgan fingerprint density at radius 2 is 1.74 bits per heavy atom. The van der Waals surface area contributed by atoms with Gasteiger partial charge in [-0.15, -0.1) is 0 Å². The molecule has 172 valence electrons. The fourth-order valence-electron chi connectivity index (χ4n) is 3.86. The van der Waals surface area contributed by atoms with Crippen molar-refractivity contribution in [3.05, 3.63) is 35.9 Å². The Bertz CT molecular complexity index is 916. The van der Waals surface area contributed by atoms with Crippen molar-refractivity contribution in [2.45, 2.75) is 56.7 Å². The van der Waals surface area contributed by atoms with E-state index in [9.17, 15) is 27.9 Å². The van der Waals surface area contributed by atoms with Gasteiger partial charge in [0.05, 0.1) is 11.2 Å². The van der Waals surface area contributed by atoms with E-state index in [0.29, 0.717) is 12.8 Å². The second-order valence-electron chi connectivity index (χ2n) is 8.45. The van der Waals surface area contributed by atoms with Crippen LogP contribution in [-0.4, -0.2) is 65.6 Å². The fourth-order valence-corrected chi connectivity index (χ4v) is 5.07. The van der Waals surface area contributed by atoms with Crippen LogP contribution in [0.5, 0.6) is 0 Å². The average Bonchev–Trinajstić information content (AvgIpc) is 2.83. The van der Waals surface area contributed by atoms with Crippen molar-refractivity contribution in [2.24, 2.45) is 11.1 Å². The van der Waals surface area contributed by atoms with Crippen molar-refractivity contribution in [1.82, 2.24) is 9.80 Å². The SMILES string of the molecule is CN1C(=O)N(CCCC(C(=O)O)C(CCCc2ccccc2)S(N)(=O)=O)C(=O)C1(C)C. The van der Waals surface area contributed by atoms with E-state index in [-0.39, 0.29) is 31.7 Å². The summed E-state index contributed by atoms with van der Waals surface area (Å²) in [7, 11) is -2.57. The lowest BCUT2D eigenvalue weighted by atomic mass is 9.94. The molecule has 1 aromatic carbocycles. The summed E-state index contributed by atoms with van der Waals surface area (Å²) in [5.41, 5.74) is 0.0597. The van der Waals surface area contributed by atoms with Crippen LogP contribution in [-0.2, 0) is 26.0 Å². The molecule has 2 rings (SSSR count). The molecule has 0 radical (unpaired) electrons. The number of carboxylic acid groups (broad SMARTS) is 1. The molecule has 0 bridgehead atoms. The molecule has 1 aliphatic heterocycles. The van der Waals surface area contributed by atoms with Gasteiger partial charge in [-0.25, -0.2) is 18.4 Å². The van der Waals surface area contributed by atoms with E-state index in [1.54, 1.807) is 13.8 Å². The zero-order valence-corrected chi connectivity index (χ0v) is 19.0. The van der Waals surface area contributed by atoms with Crippen molar-refractivity contribution < 1.29 is 27.9 Å². The molecule has 1 fully saturated rings. The zero-order chi connectivity index (χ0) is 23.4. The van der Waals surface area contributed by atoms with E-state index in [1.165, 1.54) is 11.9 Å². The first-order chi connectivity index (χ1) is 14.4. The van der Waals surface area contributed by atoms with Gasteiger partial charge in [0, 0.05) is 13.6 Å². The number of nitrogens with zero attached hydrogens (tertiary/aromatic N) is 2. The summed E-state index contributed by atoms with van der Waals surface area (Å²) in [6, 6.07) is 9.03. The van der Waals surface area contributed by atoms with Crippen molar-refractivity contribution in [3.8, 4) is 0 Å². The molecule has 1 saturated heterocycles. The van der Waals surface area contributed by atoms with Crippen LogP contribution in [0.4, 0.5) is 4.79 Å². The van der Waals surface area contributed by atoms with Gasteiger partial charge in [0.2, 0.25) is 10.0 Å². The van der Waals surface area contributed by atoms with Crippen LogP contribution in [0.25, 0.3) is 0 Å². The van der Waals surface area contributed by atoms with Gasteiger partial charge in [-0.3, -0.25) is 14.5 Å². The number of likely N-dealkylation sites (N-methyl/N-ethyl adjacent to an activating group) is 1. The van der Waals surface area contributed by atoms with Gasteiger partial charge in [-0.1, -0.05) is 30.3 Å². The van der Waals surface area contributed by atoms with E-state index in [1.807, 2.05) is 30.3 Å². The van der Waals surface area contributed by atoms with Crippen molar-refractivity contribution in [1.29, 1.82) is 0 Å². The number of carbonyl (C=O) groups excluding carboxylic acids is 2. The van der Waals surface area contributed by atoms with Crippen molar-refractivity contribution in [3.63, 3.8) is 0 Å². The quantitative estimate of drug-likeness (QED) is 0.490. The lowest BCUT2D eigenvalue weighted by molar-refractivity contribution is -0.142. The Morgan fingerprint density at radius 3 is 2.23 bits per heavy atom. The van der Waals surface area contributed by atoms with Crippen LogP contribution < -0.4 is 5.14 Å². The first-order valence-corrected chi connectivity index (χ1v) is 11.9. The highest BCUT2D eigenvalue weighted by atomic mass is 32.2. The molecular formula is C21H31N3O6S. The summed E-state index contributed by atoms with van der Waals surface area (Å²) in [6.45, 7) is 3.30. The summed E-state index contributed by atoms with van der Waals surface area (Å²) in [5, 5.41) is 13.8. The molecule has 31 heavy (non-hydrogen) atoms. The largest absolute Gasteiger partial charge is 0.481 e. The third-order valence-electron chi connectivity index (χ3n) is 6.01. The predicted octanol–water partition coefficient (Wildman–Crippen LogP) is 1.82. The smallest absolute Gasteiger partial charge is 0.327 e. The summed E-state index contributed by atoms with van der Waals surface area (Å²) in [5.74, 6) is -2.84. The number of sulfonamides is 1. The molecule has 0 aliphatic carbocycles. The zero-order valence-electron chi connectivity index (χ0n) is 18.2. The monoisotopic (exact) mass is 453 g/mol. The Morgan fingerprint density at radius 1 is 1.13 bits per heavy atom. The summed E-state index contributed by atoms with van der Waals surface area (Å²) >= 11 is 0. The highest BCUT2D eigenvalue weighted by Crippen LogP contribution is 2.27. The van der Waals surface area contributed by atoms with E-state index in [4.69, 9.17) is 5.14 Å². The van der Waals surface area contributed by atoms with Crippen molar-refractivity contribution >= 4 is 27.9 Å². The van der Waals surface area contributed by atoms with Gasteiger partial charge in [0.25, 0.3) is 5.91 Å². The molecule has 9 nitrogen and oxygen atoms in total. The molecular weight excluding hydrogens is 422 g/mol. The van der Waals surface area contributed by atoms with E-state index >= 15 is 0 Å². The molecule has 3 N–H and O–H groups in total.